The maximum atomic E-state index is 12.0. The second kappa shape index (κ2) is 13.4. The molecular formula is C25H36IN5O. The van der Waals surface area contributed by atoms with Gasteiger partial charge in [-0.15, -0.1) is 24.0 Å². The van der Waals surface area contributed by atoms with Gasteiger partial charge in [-0.2, -0.15) is 0 Å². The second-order valence-corrected chi connectivity index (χ2v) is 8.17. The summed E-state index contributed by atoms with van der Waals surface area (Å²) < 4.78 is 0. The lowest BCUT2D eigenvalue weighted by molar-refractivity contribution is 0.0827. The van der Waals surface area contributed by atoms with Crippen molar-refractivity contribution < 1.29 is 4.79 Å². The summed E-state index contributed by atoms with van der Waals surface area (Å²) in [6, 6.07) is 16.4. The number of aliphatic imine (C=N–C) groups is 1. The van der Waals surface area contributed by atoms with Crippen molar-refractivity contribution in [3.8, 4) is 0 Å². The molecule has 0 radical (unpaired) electrons. The number of nitrogens with one attached hydrogen (secondary N) is 2. The lowest BCUT2D eigenvalue weighted by Crippen LogP contribution is -2.39. The molecule has 174 valence electrons. The number of benzene rings is 2. The lowest BCUT2D eigenvalue weighted by atomic mass is 10.00. The molecule has 0 aliphatic carbocycles. The molecule has 1 aliphatic rings. The summed E-state index contributed by atoms with van der Waals surface area (Å²) >= 11 is 0. The van der Waals surface area contributed by atoms with Crippen molar-refractivity contribution >= 4 is 35.8 Å². The summed E-state index contributed by atoms with van der Waals surface area (Å²) in [4.78, 5) is 20.8. The molecule has 32 heavy (non-hydrogen) atoms. The van der Waals surface area contributed by atoms with Crippen molar-refractivity contribution in [2.45, 2.75) is 32.9 Å². The van der Waals surface area contributed by atoms with Crippen molar-refractivity contribution in [2.24, 2.45) is 4.99 Å². The predicted molar refractivity (Wildman–Crippen MR) is 143 cm³/mol. The number of rotatable bonds is 8. The number of halogens is 1. The van der Waals surface area contributed by atoms with Crippen LogP contribution in [0.1, 0.15) is 40.4 Å². The Bertz CT molecular complexity index is 882. The van der Waals surface area contributed by atoms with E-state index in [0.717, 1.165) is 57.1 Å². The van der Waals surface area contributed by atoms with Gasteiger partial charge in [0.05, 0.1) is 6.54 Å². The average molecular weight is 550 g/mol. The molecule has 7 heteroatoms. The minimum absolute atomic E-state index is 0. The summed E-state index contributed by atoms with van der Waals surface area (Å²) in [6.45, 7) is 7.64. The van der Waals surface area contributed by atoms with E-state index in [1.807, 2.05) is 24.3 Å². The Morgan fingerprint density at radius 1 is 1.06 bits per heavy atom. The van der Waals surface area contributed by atoms with E-state index >= 15 is 0 Å². The third-order valence-corrected chi connectivity index (χ3v) is 5.52. The van der Waals surface area contributed by atoms with Gasteiger partial charge in [0.15, 0.2) is 5.96 Å². The largest absolute Gasteiger partial charge is 0.357 e. The van der Waals surface area contributed by atoms with Crippen LogP contribution >= 0.6 is 24.0 Å². The number of fused-ring (bicyclic) bond motifs is 1. The SMILES string of the molecule is CCNC(=NCc1ccc(C(=O)N(C)C)cc1)NCCCN1CCc2ccccc2C1.I. The summed E-state index contributed by atoms with van der Waals surface area (Å²) in [5.41, 5.74) is 4.75. The maximum Gasteiger partial charge on any atom is 0.253 e. The van der Waals surface area contributed by atoms with Crippen molar-refractivity contribution in [1.29, 1.82) is 0 Å². The van der Waals surface area contributed by atoms with Crippen LogP contribution in [0.15, 0.2) is 53.5 Å². The first kappa shape index (κ1) is 26.1. The molecule has 2 aromatic carbocycles. The molecule has 0 saturated carbocycles. The fraction of sp³-hybridized carbons (Fsp3) is 0.440. The number of guanidine groups is 1. The molecule has 6 nitrogen and oxygen atoms in total. The van der Waals surface area contributed by atoms with Gasteiger partial charge >= 0.3 is 0 Å². The van der Waals surface area contributed by atoms with Gasteiger partial charge in [-0.25, -0.2) is 4.99 Å². The van der Waals surface area contributed by atoms with Gasteiger partial charge in [0.1, 0.15) is 0 Å². The molecule has 0 bridgehead atoms. The van der Waals surface area contributed by atoms with Gasteiger partial charge in [-0.1, -0.05) is 36.4 Å². The molecule has 2 N–H and O–H groups in total. The zero-order valence-corrected chi connectivity index (χ0v) is 21.8. The van der Waals surface area contributed by atoms with E-state index in [1.54, 1.807) is 19.0 Å². The summed E-state index contributed by atoms with van der Waals surface area (Å²) in [6.07, 6.45) is 2.22. The van der Waals surface area contributed by atoms with Gasteiger partial charge in [-0.05, 0) is 48.6 Å². The first-order chi connectivity index (χ1) is 15.1. The maximum absolute atomic E-state index is 12.0. The van der Waals surface area contributed by atoms with Gasteiger partial charge in [0.2, 0.25) is 0 Å². The second-order valence-electron chi connectivity index (χ2n) is 8.17. The van der Waals surface area contributed by atoms with Crippen molar-refractivity contribution in [2.75, 3.05) is 40.3 Å². The molecule has 0 unspecified atom stereocenters. The van der Waals surface area contributed by atoms with Crippen LogP contribution in [0.25, 0.3) is 0 Å². The van der Waals surface area contributed by atoms with Gasteiger partial charge in [0, 0.05) is 52.4 Å². The number of carbonyl (C=O) groups excluding carboxylic acids is 1. The van der Waals surface area contributed by atoms with E-state index in [-0.39, 0.29) is 29.9 Å². The highest BCUT2D eigenvalue weighted by Crippen LogP contribution is 2.18. The highest BCUT2D eigenvalue weighted by Gasteiger charge is 2.14. The third kappa shape index (κ3) is 7.78. The topological polar surface area (TPSA) is 60.0 Å². The molecule has 1 heterocycles. The van der Waals surface area contributed by atoms with Crippen LogP contribution in [-0.4, -0.2) is 61.9 Å². The van der Waals surface area contributed by atoms with Crippen molar-refractivity contribution in [1.82, 2.24) is 20.4 Å². The molecule has 0 aromatic heterocycles. The fourth-order valence-corrected chi connectivity index (χ4v) is 3.78. The van der Waals surface area contributed by atoms with Crippen LogP contribution in [0.3, 0.4) is 0 Å². The van der Waals surface area contributed by atoms with Crippen LogP contribution in [-0.2, 0) is 19.5 Å². The molecule has 0 fully saturated rings. The van der Waals surface area contributed by atoms with E-state index in [1.165, 1.54) is 11.1 Å². The Morgan fingerprint density at radius 2 is 1.78 bits per heavy atom. The zero-order valence-electron chi connectivity index (χ0n) is 19.4. The average Bonchev–Trinajstić information content (AvgIpc) is 2.79. The summed E-state index contributed by atoms with van der Waals surface area (Å²) in [5.74, 6) is 0.849. The Balaban J connectivity index is 0.00000363. The Labute approximate surface area is 209 Å². The Morgan fingerprint density at radius 3 is 2.47 bits per heavy atom. The number of nitrogens with zero attached hydrogens (tertiary/aromatic N) is 3. The summed E-state index contributed by atoms with van der Waals surface area (Å²) in [5, 5.41) is 6.76. The number of amides is 1. The molecule has 1 amide bonds. The van der Waals surface area contributed by atoms with Crippen LogP contribution < -0.4 is 10.6 Å². The molecule has 0 atom stereocenters. The fourth-order valence-electron chi connectivity index (χ4n) is 3.78. The molecular weight excluding hydrogens is 513 g/mol. The zero-order chi connectivity index (χ0) is 22.1. The third-order valence-electron chi connectivity index (χ3n) is 5.52. The molecule has 3 rings (SSSR count). The van der Waals surface area contributed by atoms with Gasteiger partial charge in [0.25, 0.3) is 5.91 Å². The standard InChI is InChI=1S/C25H35N5O.HI/c1-4-26-25(28-18-20-10-12-22(13-11-20)24(31)29(2)3)27-15-7-16-30-17-14-21-8-5-6-9-23(21)19-30;/h5-6,8-13H,4,7,14-19H2,1-3H3,(H2,26,27,28);1H. The van der Waals surface area contributed by atoms with Crippen LogP contribution in [0.4, 0.5) is 0 Å². The van der Waals surface area contributed by atoms with Gasteiger partial charge in [-0.3, -0.25) is 9.69 Å². The Kier molecular flexibility index (Phi) is 11.0. The van der Waals surface area contributed by atoms with Crippen molar-refractivity contribution in [3.05, 3.63) is 70.8 Å². The normalized spacial score (nSPS) is 13.7. The highest BCUT2D eigenvalue weighted by atomic mass is 127. The monoisotopic (exact) mass is 549 g/mol. The van der Waals surface area contributed by atoms with E-state index in [0.29, 0.717) is 12.1 Å². The number of carbonyl (C=O) groups is 1. The first-order valence-electron chi connectivity index (χ1n) is 11.2. The molecule has 1 aliphatic heterocycles. The molecule has 0 saturated heterocycles. The van der Waals surface area contributed by atoms with E-state index in [2.05, 4.69) is 46.7 Å². The van der Waals surface area contributed by atoms with E-state index in [9.17, 15) is 4.79 Å². The van der Waals surface area contributed by atoms with E-state index < -0.39 is 0 Å². The number of hydrogen-bond acceptors (Lipinski definition) is 3. The predicted octanol–water partition coefficient (Wildman–Crippen LogP) is 3.51. The van der Waals surface area contributed by atoms with Gasteiger partial charge < -0.3 is 15.5 Å². The first-order valence-corrected chi connectivity index (χ1v) is 11.2. The lowest BCUT2D eigenvalue weighted by Gasteiger charge is -2.28. The minimum Gasteiger partial charge on any atom is -0.357 e. The smallest absolute Gasteiger partial charge is 0.253 e. The van der Waals surface area contributed by atoms with Crippen LogP contribution in [0.2, 0.25) is 0 Å². The summed E-state index contributed by atoms with van der Waals surface area (Å²) in [7, 11) is 3.53. The van der Waals surface area contributed by atoms with E-state index in [4.69, 9.17) is 4.99 Å². The number of hydrogen-bond donors (Lipinski definition) is 2. The van der Waals surface area contributed by atoms with Crippen LogP contribution in [0, 0.1) is 0 Å². The Hall–Kier alpha value is -2.13. The van der Waals surface area contributed by atoms with Crippen molar-refractivity contribution in [3.63, 3.8) is 0 Å². The highest BCUT2D eigenvalue weighted by molar-refractivity contribution is 14.0. The quantitative estimate of drug-likeness (QED) is 0.229. The molecule has 0 spiro atoms. The van der Waals surface area contributed by atoms with Crippen LogP contribution in [0.5, 0.6) is 0 Å². The minimum atomic E-state index is 0. The molecule has 2 aromatic rings.